The van der Waals surface area contributed by atoms with Gasteiger partial charge in [-0.25, -0.2) is 9.98 Å². The number of benzene rings is 1. The minimum absolute atomic E-state index is 0.0812. The van der Waals surface area contributed by atoms with Crippen molar-refractivity contribution in [2.24, 2.45) is 4.99 Å². The van der Waals surface area contributed by atoms with E-state index in [0.717, 1.165) is 36.8 Å². The molecule has 0 atom stereocenters. The van der Waals surface area contributed by atoms with Gasteiger partial charge in [-0.05, 0) is 31.2 Å². The van der Waals surface area contributed by atoms with Crippen molar-refractivity contribution >= 4 is 45.6 Å². The summed E-state index contributed by atoms with van der Waals surface area (Å²) in [6.45, 7) is 1.84. The molecule has 0 unspecified atom stereocenters. The monoisotopic (exact) mass is 410 g/mol. The van der Waals surface area contributed by atoms with E-state index in [4.69, 9.17) is 4.52 Å². The van der Waals surface area contributed by atoms with E-state index in [0.29, 0.717) is 16.3 Å². The van der Waals surface area contributed by atoms with Gasteiger partial charge < -0.3 is 10.1 Å². The molecule has 1 aliphatic rings. The van der Waals surface area contributed by atoms with Crippen LogP contribution in [0.1, 0.15) is 19.3 Å². The molecule has 0 spiro atoms. The van der Waals surface area contributed by atoms with Gasteiger partial charge in [-0.15, -0.1) is 10.2 Å². The van der Waals surface area contributed by atoms with Crippen molar-refractivity contribution in [3.8, 4) is 0 Å². The molecule has 0 aliphatic carbocycles. The van der Waals surface area contributed by atoms with Crippen LogP contribution in [0, 0.1) is 0 Å². The van der Waals surface area contributed by atoms with Crippen molar-refractivity contribution in [2.45, 2.75) is 24.4 Å². The molecule has 4 heterocycles. The Morgan fingerprint density at radius 2 is 2.10 bits per heavy atom. The van der Waals surface area contributed by atoms with Gasteiger partial charge in [-0.1, -0.05) is 30.0 Å². The molecule has 0 radical (unpaired) electrons. The second-order valence-corrected chi connectivity index (χ2v) is 7.67. The first-order chi connectivity index (χ1) is 14.3. The summed E-state index contributed by atoms with van der Waals surface area (Å²) in [5.74, 6) is -0.0822. The van der Waals surface area contributed by atoms with Crippen LogP contribution in [0.15, 0.2) is 45.1 Å². The molecule has 1 fully saturated rings. The third kappa shape index (κ3) is 3.73. The van der Waals surface area contributed by atoms with Gasteiger partial charge >= 0.3 is 5.88 Å². The molecule has 0 bridgehead atoms. The number of thioether (sulfide) groups is 1. The van der Waals surface area contributed by atoms with Crippen LogP contribution < -0.4 is 14.9 Å². The van der Waals surface area contributed by atoms with Gasteiger partial charge in [-0.3, -0.25) is 4.52 Å². The molecule has 4 aromatic rings. The Kier molecular flexibility index (Phi) is 4.72. The van der Waals surface area contributed by atoms with Crippen LogP contribution in [0.5, 0.6) is 0 Å². The highest BCUT2D eigenvalue weighted by Crippen LogP contribution is 2.23. The fourth-order valence-corrected chi connectivity index (χ4v) is 3.91. The third-order valence-corrected chi connectivity index (χ3v) is 5.55. The molecule has 29 heavy (non-hydrogen) atoms. The number of aromatic nitrogens is 6. The van der Waals surface area contributed by atoms with E-state index in [2.05, 4.69) is 35.4 Å². The zero-order chi connectivity index (χ0) is 19.6. The van der Waals surface area contributed by atoms with Crippen molar-refractivity contribution in [3.63, 3.8) is 0 Å². The van der Waals surface area contributed by atoms with Crippen LogP contribution in [-0.4, -0.2) is 50.2 Å². The molecule has 1 aliphatic heterocycles. The maximum atomic E-state index is 12.2. The summed E-state index contributed by atoms with van der Waals surface area (Å²) >= 11 is 1.18. The molecule has 1 aromatic carbocycles. The fraction of sp³-hybridized carbons (Fsp3) is 0.333. The van der Waals surface area contributed by atoms with Gasteiger partial charge in [0, 0.05) is 16.7 Å². The van der Waals surface area contributed by atoms with Crippen LogP contribution in [0.25, 0.3) is 22.1 Å². The fourth-order valence-electron chi connectivity index (χ4n) is 3.34. The van der Waals surface area contributed by atoms with E-state index in [-0.39, 0.29) is 17.5 Å². The molecular weight excluding hydrogens is 392 g/mol. The van der Waals surface area contributed by atoms with E-state index < -0.39 is 0 Å². The van der Waals surface area contributed by atoms with Crippen LogP contribution in [0.4, 0.5) is 5.88 Å². The maximum absolute atomic E-state index is 12.2. The molecule has 5 rings (SSSR count). The van der Waals surface area contributed by atoms with Gasteiger partial charge in [0.15, 0.2) is 5.65 Å². The van der Waals surface area contributed by atoms with Crippen molar-refractivity contribution in [1.82, 2.24) is 25.4 Å². The maximum Gasteiger partial charge on any atom is 0.324 e. The summed E-state index contributed by atoms with van der Waals surface area (Å²) < 4.78 is 5.16. The first-order valence-electron chi connectivity index (χ1n) is 9.39. The number of hydrogen-bond acceptors (Lipinski definition) is 9. The zero-order valence-corrected chi connectivity index (χ0v) is 16.3. The Morgan fingerprint density at radius 1 is 1.24 bits per heavy atom. The van der Waals surface area contributed by atoms with Crippen molar-refractivity contribution in [1.29, 1.82) is 0 Å². The van der Waals surface area contributed by atoms with Crippen molar-refractivity contribution in [2.75, 3.05) is 23.9 Å². The molecule has 0 saturated carbocycles. The number of aliphatic imine (C=N–C) groups is 1. The number of nitrogens with zero attached hydrogens (tertiary/aromatic N) is 7. The Bertz CT molecular complexity index is 1180. The predicted molar refractivity (Wildman–Crippen MR) is 106 cm³/mol. The van der Waals surface area contributed by atoms with Gasteiger partial charge in [0.2, 0.25) is 10.4 Å². The summed E-state index contributed by atoms with van der Waals surface area (Å²) in [5.41, 5.74) is 2.31. The van der Waals surface area contributed by atoms with E-state index >= 15 is 0 Å². The largest absolute Gasteiger partial charge is 0.861 e. The van der Waals surface area contributed by atoms with Crippen molar-refractivity contribution < 1.29 is 14.4 Å². The average molecular weight is 410 g/mol. The second kappa shape index (κ2) is 7.66. The Balaban J connectivity index is 1.27. The lowest BCUT2D eigenvalue weighted by atomic mass is 10.2. The van der Waals surface area contributed by atoms with Crippen LogP contribution in [0.2, 0.25) is 0 Å². The quantitative estimate of drug-likeness (QED) is 0.224. The molecule has 11 heteroatoms. The Morgan fingerprint density at radius 3 is 3.00 bits per heavy atom. The summed E-state index contributed by atoms with van der Waals surface area (Å²) in [6.07, 6.45) is 5.10. The first kappa shape index (κ1) is 17.9. The highest BCUT2D eigenvalue weighted by molar-refractivity contribution is 7.99. The topological polar surface area (TPSA) is 123 Å². The number of para-hydroxylation sites is 1. The van der Waals surface area contributed by atoms with Gasteiger partial charge in [-0.2, -0.15) is 5.01 Å². The van der Waals surface area contributed by atoms with Gasteiger partial charge in [0.25, 0.3) is 6.20 Å². The Hall–Kier alpha value is -3.21. The number of rotatable bonds is 5. The second-order valence-electron chi connectivity index (χ2n) is 6.73. The minimum Gasteiger partial charge on any atom is -0.861 e. The highest BCUT2D eigenvalue weighted by atomic mass is 32.2. The number of nitrogens with one attached hydrogen (secondary N) is 1. The van der Waals surface area contributed by atoms with Crippen LogP contribution >= 0.6 is 11.8 Å². The predicted octanol–water partition coefficient (Wildman–Crippen LogP) is 1.09. The van der Waals surface area contributed by atoms with Gasteiger partial charge in [0.05, 0.1) is 17.9 Å². The SMILES string of the molecule is [O-]/C(CSc1nnc2c(n1)[nH]c1ccccc12)=N\c1c[n+](N2CCCCC2)no1. The lowest BCUT2D eigenvalue weighted by Crippen LogP contribution is -2.60. The third-order valence-electron chi connectivity index (χ3n) is 4.73. The number of piperidine rings is 1. The molecular formula is C18H18N8O2S. The zero-order valence-electron chi connectivity index (χ0n) is 15.5. The number of fused-ring (bicyclic) bond motifs is 3. The van der Waals surface area contributed by atoms with Gasteiger partial charge in [0.1, 0.15) is 5.52 Å². The summed E-state index contributed by atoms with van der Waals surface area (Å²) in [5, 5.41) is 27.9. The smallest absolute Gasteiger partial charge is 0.324 e. The summed E-state index contributed by atoms with van der Waals surface area (Å²) in [4.78, 5) is 13.3. The molecule has 0 amide bonds. The molecule has 1 N–H and O–H groups in total. The molecule has 148 valence electrons. The van der Waals surface area contributed by atoms with Crippen LogP contribution in [0.3, 0.4) is 0 Å². The van der Waals surface area contributed by atoms with Crippen LogP contribution in [-0.2, 0) is 0 Å². The Labute approximate surface area is 169 Å². The van der Waals surface area contributed by atoms with E-state index in [1.165, 1.54) is 18.2 Å². The lowest BCUT2D eigenvalue weighted by molar-refractivity contribution is -0.759. The van der Waals surface area contributed by atoms with E-state index in [1.807, 2.05) is 24.3 Å². The molecule has 1 saturated heterocycles. The molecule has 3 aromatic heterocycles. The minimum atomic E-state index is -0.350. The average Bonchev–Trinajstić information content (AvgIpc) is 3.37. The normalized spacial score (nSPS) is 15.4. The van der Waals surface area contributed by atoms with E-state index in [9.17, 15) is 5.11 Å². The number of H-pyrrole nitrogens is 1. The van der Waals surface area contributed by atoms with E-state index in [1.54, 1.807) is 11.0 Å². The first-order valence-corrected chi connectivity index (χ1v) is 10.4. The standard InChI is InChI=1S/C18H18N8O2S/c27-14(20-15-10-26(24-28-15)25-8-4-1-5-9-25)11-29-18-21-17-16(22-23-18)12-6-2-3-7-13(12)19-17/h2-3,6-7,10H,1,4-5,8-9,11H2,(H-,19,20,21,22,23,24,27). The summed E-state index contributed by atoms with van der Waals surface area (Å²) in [7, 11) is 0. The van der Waals surface area contributed by atoms with Crippen molar-refractivity contribution in [3.05, 3.63) is 30.5 Å². The lowest BCUT2D eigenvalue weighted by Gasteiger charge is -2.17. The summed E-state index contributed by atoms with van der Waals surface area (Å²) in [6, 6.07) is 7.81. The molecule has 10 nitrogen and oxygen atoms in total. The number of hydrogen-bond donors (Lipinski definition) is 1. The highest BCUT2D eigenvalue weighted by Gasteiger charge is 2.22. The number of aromatic amines is 1.